The number of hydrazine groups is 1. The Morgan fingerprint density at radius 3 is 2.88 bits per heavy atom. The number of hydrogen-bond acceptors (Lipinski definition) is 5. The molecule has 0 unspecified atom stereocenters. The summed E-state index contributed by atoms with van der Waals surface area (Å²) in [6.45, 7) is -0.138. The number of benzene rings is 1. The lowest BCUT2D eigenvalue weighted by Gasteiger charge is -2.06. The third-order valence-electron chi connectivity index (χ3n) is 1.65. The Morgan fingerprint density at radius 1 is 1.44 bits per heavy atom. The first-order valence-corrected chi connectivity index (χ1v) is 4.37. The van der Waals surface area contributed by atoms with Crippen LogP contribution < -0.4 is 16.2 Å². The molecule has 1 rings (SSSR count). The van der Waals surface area contributed by atoms with Crippen molar-refractivity contribution < 1.29 is 23.1 Å². The van der Waals surface area contributed by atoms with Crippen LogP contribution in [0.3, 0.4) is 0 Å². The average molecular weight is 232 g/mol. The molecular formula is C9H10F2N2O3. The van der Waals surface area contributed by atoms with E-state index in [1.165, 1.54) is 12.1 Å². The number of rotatable bonds is 5. The lowest BCUT2D eigenvalue weighted by Crippen LogP contribution is -2.27. The summed E-state index contributed by atoms with van der Waals surface area (Å²) in [7, 11) is 0. The highest BCUT2D eigenvalue weighted by Crippen LogP contribution is 2.18. The molecule has 88 valence electrons. The summed E-state index contributed by atoms with van der Waals surface area (Å²) in [5.41, 5.74) is 1.70. The Morgan fingerprint density at radius 2 is 2.19 bits per heavy atom. The van der Waals surface area contributed by atoms with E-state index in [1.54, 1.807) is 5.59 Å². The van der Waals surface area contributed by atoms with Crippen molar-refractivity contribution in [3.63, 3.8) is 0 Å². The van der Waals surface area contributed by atoms with E-state index in [2.05, 4.69) is 4.84 Å². The summed E-state index contributed by atoms with van der Waals surface area (Å²) in [6, 6.07) is 3.52. The molecular weight excluding hydrogens is 222 g/mol. The zero-order valence-corrected chi connectivity index (χ0v) is 8.20. The fourth-order valence-corrected chi connectivity index (χ4v) is 0.957. The predicted octanol–water partition coefficient (Wildman–Crippen LogP) is 0.655. The summed E-state index contributed by atoms with van der Waals surface area (Å²) in [4.78, 5) is 14.9. The number of ether oxygens (including phenoxy) is 1. The number of halogens is 2. The third-order valence-corrected chi connectivity index (χ3v) is 1.65. The van der Waals surface area contributed by atoms with E-state index in [4.69, 9.17) is 10.6 Å². The van der Waals surface area contributed by atoms with Gasteiger partial charge in [-0.05, 0) is 12.1 Å². The predicted molar refractivity (Wildman–Crippen MR) is 49.9 cm³/mol. The Bertz CT molecular complexity index is 374. The lowest BCUT2D eigenvalue weighted by atomic mass is 10.3. The van der Waals surface area contributed by atoms with E-state index >= 15 is 0 Å². The van der Waals surface area contributed by atoms with Gasteiger partial charge < -0.3 is 9.57 Å². The summed E-state index contributed by atoms with van der Waals surface area (Å²) < 4.78 is 30.6. The minimum Gasteiger partial charge on any atom is -0.490 e. The highest BCUT2D eigenvalue weighted by molar-refractivity contribution is 5.69. The van der Waals surface area contributed by atoms with Crippen LogP contribution in [0.15, 0.2) is 18.2 Å². The number of hydrogen-bond donors (Lipinski definition) is 2. The number of nitrogens with one attached hydrogen (secondary N) is 1. The Balaban J connectivity index is 2.43. The number of nitrogens with two attached hydrogens (primary N) is 1. The van der Waals surface area contributed by atoms with Gasteiger partial charge in [-0.1, -0.05) is 11.7 Å². The van der Waals surface area contributed by atoms with Gasteiger partial charge in [0, 0.05) is 0 Å². The Kier molecular flexibility index (Phi) is 4.62. The standard InChI is InChI=1S/C9H10F2N2O3/c10-6-2-1-3-7(9(6)11)15-5-4-8(14)16-13-12/h1-3,13H,4-5,12H2. The maximum absolute atomic E-state index is 13.0. The molecule has 0 aliphatic rings. The van der Waals surface area contributed by atoms with Crippen molar-refractivity contribution in [3.8, 4) is 5.75 Å². The maximum Gasteiger partial charge on any atom is 0.329 e. The molecule has 1 aromatic carbocycles. The minimum atomic E-state index is -1.09. The minimum absolute atomic E-state index is 0.138. The van der Waals surface area contributed by atoms with E-state index in [-0.39, 0.29) is 18.8 Å². The third kappa shape index (κ3) is 3.44. The summed E-state index contributed by atoms with van der Waals surface area (Å²) in [6.07, 6.45) is -0.139. The van der Waals surface area contributed by atoms with Crippen molar-refractivity contribution in [3.05, 3.63) is 29.8 Å². The van der Waals surface area contributed by atoms with Crippen LogP contribution in [0.2, 0.25) is 0 Å². The molecule has 0 radical (unpaired) electrons. The first-order valence-electron chi connectivity index (χ1n) is 4.37. The van der Waals surface area contributed by atoms with E-state index in [1.807, 2.05) is 0 Å². The molecule has 3 N–H and O–H groups in total. The molecule has 0 fully saturated rings. The maximum atomic E-state index is 13.0. The molecule has 1 aromatic rings. The van der Waals surface area contributed by atoms with Crippen LogP contribution in [0.1, 0.15) is 6.42 Å². The molecule has 0 atom stereocenters. The molecule has 5 nitrogen and oxygen atoms in total. The van der Waals surface area contributed by atoms with Gasteiger partial charge in [-0.3, -0.25) is 4.79 Å². The monoisotopic (exact) mass is 232 g/mol. The van der Waals surface area contributed by atoms with E-state index in [0.29, 0.717) is 0 Å². The molecule has 0 aromatic heterocycles. The van der Waals surface area contributed by atoms with Crippen molar-refractivity contribution in [1.82, 2.24) is 5.59 Å². The second kappa shape index (κ2) is 5.99. The molecule has 0 heterocycles. The van der Waals surface area contributed by atoms with Crippen molar-refractivity contribution in [2.45, 2.75) is 6.42 Å². The molecule has 7 heteroatoms. The molecule has 0 aliphatic heterocycles. The number of carbonyl (C=O) groups excluding carboxylic acids is 1. The SMILES string of the molecule is NNOC(=O)CCOc1cccc(F)c1F. The lowest BCUT2D eigenvalue weighted by molar-refractivity contribution is -0.151. The normalized spacial score (nSPS) is 9.94. The summed E-state index contributed by atoms with van der Waals surface area (Å²) in [5, 5.41) is 0. The smallest absolute Gasteiger partial charge is 0.329 e. The fraction of sp³-hybridized carbons (Fsp3) is 0.222. The molecule has 16 heavy (non-hydrogen) atoms. The summed E-state index contributed by atoms with van der Waals surface area (Å²) in [5.74, 6) is 1.69. The largest absolute Gasteiger partial charge is 0.490 e. The highest BCUT2D eigenvalue weighted by Gasteiger charge is 2.09. The van der Waals surface area contributed by atoms with Gasteiger partial charge in [0.15, 0.2) is 11.6 Å². The molecule has 0 bridgehead atoms. The van der Waals surface area contributed by atoms with Gasteiger partial charge in [-0.2, -0.15) is 4.39 Å². The van der Waals surface area contributed by atoms with Gasteiger partial charge in [-0.25, -0.2) is 10.2 Å². The van der Waals surface area contributed by atoms with Crippen LogP contribution in [0.25, 0.3) is 0 Å². The van der Waals surface area contributed by atoms with Crippen molar-refractivity contribution in [2.75, 3.05) is 6.61 Å². The zero-order chi connectivity index (χ0) is 12.0. The second-order valence-electron chi connectivity index (χ2n) is 2.74. The Labute approximate surface area is 90.1 Å². The van der Waals surface area contributed by atoms with Gasteiger partial charge in [0.1, 0.15) is 0 Å². The van der Waals surface area contributed by atoms with Gasteiger partial charge in [0.25, 0.3) is 0 Å². The molecule has 0 amide bonds. The summed E-state index contributed by atoms with van der Waals surface area (Å²) >= 11 is 0. The number of carbonyl (C=O) groups is 1. The van der Waals surface area contributed by atoms with E-state index in [9.17, 15) is 13.6 Å². The van der Waals surface area contributed by atoms with Crippen LogP contribution in [0, 0.1) is 11.6 Å². The van der Waals surface area contributed by atoms with Gasteiger partial charge in [-0.15, -0.1) is 0 Å². The first kappa shape index (κ1) is 12.3. The highest BCUT2D eigenvalue weighted by atomic mass is 19.2. The van der Waals surface area contributed by atoms with E-state index in [0.717, 1.165) is 6.07 Å². The fourth-order valence-electron chi connectivity index (χ4n) is 0.957. The van der Waals surface area contributed by atoms with Crippen LogP contribution in [0.5, 0.6) is 5.75 Å². The molecule has 0 saturated carbocycles. The van der Waals surface area contributed by atoms with Gasteiger partial charge in [0.05, 0.1) is 13.0 Å². The van der Waals surface area contributed by atoms with Crippen LogP contribution in [-0.4, -0.2) is 12.6 Å². The first-order chi connectivity index (χ1) is 7.65. The average Bonchev–Trinajstić information content (AvgIpc) is 2.25. The van der Waals surface area contributed by atoms with Crippen LogP contribution >= 0.6 is 0 Å². The van der Waals surface area contributed by atoms with Crippen LogP contribution in [-0.2, 0) is 9.63 Å². The van der Waals surface area contributed by atoms with Crippen molar-refractivity contribution >= 4 is 5.97 Å². The molecule has 0 spiro atoms. The topological polar surface area (TPSA) is 73.6 Å². The van der Waals surface area contributed by atoms with Gasteiger partial charge >= 0.3 is 5.97 Å². The molecule has 0 aliphatic carbocycles. The van der Waals surface area contributed by atoms with Crippen molar-refractivity contribution in [1.29, 1.82) is 0 Å². The van der Waals surface area contributed by atoms with E-state index < -0.39 is 17.6 Å². The molecule has 0 saturated heterocycles. The van der Waals surface area contributed by atoms with Crippen LogP contribution in [0.4, 0.5) is 8.78 Å². The van der Waals surface area contributed by atoms with Crippen molar-refractivity contribution in [2.24, 2.45) is 5.84 Å². The Hall–Kier alpha value is -1.73. The second-order valence-corrected chi connectivity index (χ2v) is 2.74. The zero-order valence-electron chi connectivity index (χ0n) is 8.20. The van der Waals surface area contributed by atoms with Gasteiger partial charge in [0.2, 0.25) is 5.82 Å². The quantitative estimate of drug-likeness (QED) is 0.576.